The fourth-order valence-electron chi connectivity index (χ4n) is 2.00. The molecule has 0 spiro atoms. The molecule has 0 bridgehead atoms. The van der Waals surface area contributed by atoms with Gasteiger partial charge in [0.05, 0.1) is 26.5 Å². The van der Waals surface area contributed by atoms with Gasteiger partial charge in [0.2, 0.25) is 5.91 Å². The van der Waals surface area contributed by atoms with Crippen molar-refractivity contribution >= 4 is 5.91 Å². The molecule has 9 heteroatoms. The molecule has 0 aliphatic carbocycles. The van der Waals surface area contributed by atoms with Crippen LogP contribution in [0.15, 0.2) is 4.52 Å². The Bertz CT molecular complexity index is 644. The van der Waals surface area contributed by atoms with Crippen LogP contribution in [-0.2, 0) is 17.8 Å². The van der Waals surface area contributed by atoms with Gasteiger partial charge in [0.15, 0.2) is 5.82 Å². The van der Waals surface area contributed by atoms with Crippen LogP contribution in [0.4, 0.5) is 0 Å². The van der Waals surface area contributed by atoms with Gasteiger partial charge in [-0.3, -0.25) is 4.79 Å². The number of ether oxygens (including phenoxy) is 2. The average Bonchev–Trinajstić information content (AvgIpc) is 2.88. The molecule has 0 aliphatic rings. The van der Waals surface area contributed by atoms with E-state index < -0.39 is 0 Å². The monoisotopic (exact) mass is 321 g/mol. The molecule has 2 aromatic rings. The Morgan fingerprint density at radius 1 is 1.13 bits per heavy atom. The van der Waals surface area contributed by atoms with E-state index in [1.54, 1.807) is 0 Å². The molecule has 0 atom stereocenters. The third kappa shape index (κ3) is 4.38. The Hall–Kier alpha value is -2.71. The van der Waals surface area contributed by atoms with Crippen LogP contribution >= 0.6 is 0 Å². The van der Waals surface area contributed by atoms with Gasteiger partial charge in [-0.1, -0.05) is 5.16 Å². The van der Waals surface area contributed by atoms with Crippen molar-refractivity contribution in [3.8, 4) is 12.0 Å². The highest BCUT2D eigenvalue weighted by molar-refractivity contribution is 5.76. The summed E-state index contributed by atoms with van der Waals surface area (Å²) >= 11 is 0. The van der Waals surface area contributed by atoms with Crippen molar-refractivity contribution in [3.63, 3.8) is 0 Å². The van der Waals surface area contributed by atoms with E-state index in [4.69, 9.17) is 14.0 Å². The second-order valence-electron chi connectivity index (χ2n) is 4.80. The van der Waals surface area contributed by atoms with Crippen molar-refractivity contribution < 1.29 is 18.8 Å². The first kappa shape index (κ1) is 16.7. The molecule has 23 heavy (non-hydrogen) atoms. The van der Waals surface area contributed by atoms with Crippen LogP contribution < -0.4 is 14.8 Å². The number of aromatic nitrogens is 4. The maximum Gasteiger partial charge on any atom is 0.322 e. The van der Waals surface area contributed by atoms with Crippen molar-refractivity contribution in [1.82, 2.24) is 25.4 Å². The third-order valence-electron chi connectivity index (χ3n) is 3.23. The molecule has 9 nitrogen and oxygen atoms in total. The zero-order chi connectivity index (χ0) is 16.8. The highest BCUT2D eigenvalue weighted by Crippen LogP contribution is 2.14. The summed E-state index contributed by atoms with van der Waals surface area (Å²) in [6.07, 6.45) is 0.888. The summed E-state index contributed by atoms with van der Waals surface area (Å²) in [5.41, 5.74) is 1.77. The number of carbonyl (C=O) groups is 1. The molecule has 1 amide bonds. The highest BCUT2D eigenvalue weighted by Gasteiger charge is 2.12. The smallest absolute Gasteiger partial charge is 0.322 e. The molecule has 2 rings (SSSR count). The van der Waals surface area contributed by atoms with Gasteiger partial charge in [-0.15, -0.1) is 4.98 Å². The molecule has 0 radical (unpaired) electrons. The van der Waals surface area contributed by atoms with Crippen molar-refractivity contribution in [3.05, 3.63) is 22.8 Å². The largest absolute Gasteiger partial charge is 0.467 e. The summed E-state index contributed by atoms with van der Waals surface area (Å²) < 4.78 is 15.0. The number of hydrogen-bond acceptors (Lipinski definition) is 8. The van der Waals surface area contributed by atoms with Gasteiger partial charge in [-0.25, -0.2) is 0 Å². The van der Waals surface area contributed by atoms with Crippen molar-refractivity contribution in [1.29, 1.82) is 0 Å². The van der Waals surface area contributed by atoms with Crippen LogP contribution in [0.3, 0.4) is 0 Å². The molecule has 0 aliphatic heterocycles. The van der Waals surface area contributed by atoms with Crippen LogP contribution in [0.1, 0.15) is 29.3 Å². The minimum absolute atomic E-state index is 0.122. The van der Waals surface area contributed by atoms with E-state index in [0.29, 0.717) is 18.7 Å². The number of rotatable bonds is 7. The summed E-state index contributed by atoms with van der Waals surface area (Å²) in [4.78, 5) is 23.9. The predicted molar refractivity (Wildman–Crippen MR) is 79.1 cm³/mol. The molecule has 0 aromatic carbocycles. The van der Waals surface area contributed by atoms with Crippen LogP contribution in [-0.4, -0.2) is 40.2 Å². The lowest BCUT2D eigenvalue weighted by molar-refractivity contribution is -0.121. The maximum atomic E-state index is 11.9. The molecule has 2 aromatic heterocycles. The Kier molecular flexibility index (Phi) is 5.45. The third-order valence-corrected chi connectivity index (χ3v) is 3.23. The van der Waals surface area contributed by atoms with Gasteiger partial charge < -0.3 is 19.3 Å². The van der Waals surface area contributed by atoms with Crippen molar-refractivity contribution in [2.24, 2.45) is 0 Å². The van der Waals surface area contributed by atoms with Gasteiger partial charge in [0.1, 0.15) is 5.76 Å². The normalized spacial score (nSPS) is 10.4. The SMILES string of the molecule is COc1nc(CNC(=O)CCc2c(C)noc2C)nc(OC)n1. The summed E-state index contributed by atoms with van der Waals surface area (Å²) in [6.45, 7) is 3.85. The van der Waals surface area contributed by atoms with E-state index in [0.717, 1.165) is 17.0 Å². The van der Waals surface area contributed by atoms with E-state index >= 15 is 0 Å². The van der Waals surface area contributed by atoms with Gasteiger partial charge in [-0.05, 0) is 20.3 Å². The first-order valence-corrected chi connectivity index (χ1v) is 7.05. The molecule has 124 valence electrons. The summed E-state index contributed by atoms with van der Waals surface area (Å²) in [5.74, 6) is 0.977. The van der Waals surface area contributed by atoms with E-state index in [2.05, 4.69) is 25.4 Å². The number of carbonyl (C=O) groups excluding carboxylic acids is 1. The topological polar surface area (TPSA) is 112 Å². The van der Waals surface area contributed by atoms with Crippen molar-refractivity contribution in [2.45, 2.75) is 33.2 Å². The van der Waals surface area contributed by atoms with E-state index in [9.17, 15) is 4.79 Å². The molecule has 0 saturated heterocycles. The fourth-order valence-corrected chi connectivity index (χ4v) is 2.00. The first-order valence-electron chi connectivity index (χ1n) is 7.05. The standard InChI is InChI=1S/C14H19N5O4/c1-8-10(9(2)23-19-8)5-6-12(20)15-7-11-16-13(21-3)18-14(17-11)22-4/h5-7H2,1-4H3,(H,15,20). The van der Waals surface area contributed by atoms with Crippen LogP contribution in [0.5, 0.6) is 12.0 Å². The fraction of sp³-hybridized carbons (Fsp3) is 0.500. The maximum absolute atomic E-state index is 11.9. The van der Waals surface area contributed by atoms with Crippen LogP contribution in [0, 0.1) is 13.8 Å². The number of aryl methyl sites for hydroxylation is 2. The zero-order valence-corrected chi connectivity index (χ0v) is 13.5. The molecular formula is C14H19N5O4. The molecule has 0 unspecified atom stereocenters. The van der Waals surface area contributed by atoms with Gasteiger partial charge in [-0.2, -0.15) is 9.97 Å². The van der Waals surface area contributed by atoms with Crippen LogP contribution in [0.2, 0.25) is 0 Å². The summed E-state index contributed by atoms with van der Waals surface area (Å²) in [7, 11) is 2.89. The average molecular weight is 321 g/mol. The highest BCUT2D eigenvalue weighted by atomic mass is 16.5. The number of nitrogens with zero attached hydrogens (tertiary/aromatic N) is 4. The number of nitrogens with one attached hydrogen (secondary N) is 1. The van der Waals surface area contributed by atoms with E-state index in [1.807, 2.05) is 13.8 Å². The number of methoxy groups -OCH3 is 2. The quantitative estimate of drug-likeness (QED) is 0.794. The lowest BCUT2D eigenvalue weighted by atomic mass is 10.1. The molecule has 0 fully saturated rings. The molecule has 2 heterocycles. The molecule has 1 N–H and O–H groups in total. The summed E-state index contributed by atoms with van der Waals surface area (Å²) in [5, 5.41) is 6.61. The summed E-state index contributed by atoms with van der Waals surface area (Å²) in [6, 6.07) is 0.272. The second-order valence-corrected chi connectivity index (χ2v) is 4.80. The molecular weight excluding hydrogens is 302 g/mol. The number of amides is 1. The lowest BCUT2D eigenvalue weighted by Crippen LogP contribution is -2.24. The predicted octanol–water partition coefficient (Wildman–Crippen LogP) is 0.743. The Morgan fingerprint density at radius 2 is 1.78 bits per heavy atom. The minimum atomic E-state index is -0.122. The van der Waals surface area contributed by atoms with Gasteiger partial charge >= 0.3 is 12.0 Å². The first-order chi connectivity index (χ1) is 11.0. The van der Waals surface area contributed by atoms with Crippen molar-refractivity contribution in [2.75, 3.05) is 14.2 Å². The van der Waals surface area contributed by atoms with E-state index in [1.165, 1.54) is 14.2 Å². The zero-order valence-electron chi connectivity index (χ0n) is 13.5. The Labute approximate surface area is 133 Å². The van der Waals surface area contributed by atoms with E-state index in [-0.39, 0.29) is 24.5 Å². The molecule has 0 saturated carbocycles. The van der Waals surface area contributed by atoms with Crippen LogP contribution in [0.25, 0.3) is 0 Å². The Balaban J connectivity index is 1.89. The minimum Gasteiger partial charge on any atom is -0.467 e. The van der Waals surface area contributed by atoms with Gasteiger partial charge in [0, 0.05) is 12.0 Å². The van der Waals surface area contributed by atoms with Gasteiger partial charge in [0.25, 0.3) is 0 Å². The Morgan fingerprint density at radius 3 is 2.30 bits per heavy atom. The lowest BCUT2D eigenvalue weighted by Gasteiger charge is -2.07. The second kappa shape index (κ2) is 7.52. The number of hydrogen-bond donors (Lipinski definition) is 1.